The molecule has 2 fully saturated rings. The molecule has 2 bridgehead atoms. The zero-order valence-corrected chi connectivity index (χ0v) is 10.8. The molecule has 0 radical (unpaired) electrons. The molecule has 4 atom stereocenters. The molecule has 3 heteroatoms. The molecule has 0 aliphatic heterocycles. The molecule has 98 valence electrons. The summed E-state index contributed by atoms with van der Waals surface area (Å²) in [6.45, 7) is 2.20. The van der Waals surface area contributed by atoms with Crippen molar-refractivity contribution in [2.24, 2.45) is 17.8 Å². The quantitative estimate of drug-likeness (QED) is 0.801. The monoisotopic (exact) mass is 248 g/mol. The minimum Gasteiger partial charge on any atom is -0.395 e. The van der Waals surface area contributed by atoms with Crippen LogP contribution in [0.2, 0.25) is 0 Å². The Morgan fingerprint density at radius 3 is 2.83 bits per heavy atom. The first-order valence-electron chi connectivity index (χ1n) is 6.95. The second-order valence-corrected chi connectivity index (χ2v) is 5.97. The third-order valence-electron chi connectivity index (χ3n) is 4.87. The van der Waals surface area contributed by atoms with Gasteiger partial charge >= 0.3 is 0 Å². The van der Waals surface area contributed by atoms with Gasteiger partial charge in [0, 0.05) is 6.04 Å². The first kappa shape index (κ1) is 11.8. The van der Waals surface area contributed by atoms with Gasteiger partial charge in [-0.05, 0) is 56.1 Å². The summed E-state index contributed by atoms with van der Waals surface area (Å²) in [4.78, 5) is 0. The molecule has 0 spiro atoms. The minimum atomic E-state index is -0.333. The van der Waals surface area contributed by atoms with E-state index in [1.807, 2.05) is 6.07 Å². The number of benzene rings is 1. The van der Waals surface area contributed by atoms with Crippen LogP contribution < -0.4 is 11.1 Å². The van der Waals surface area contributed by atoms with E-state index in [0.29, 0.717) is 6.04 Å². The molecule has 4 unspecified atom stereocenters. The number of halogens is 1. The van der Waals surface area contributed by atoms with E-state index in [9.17, 15) is 4.39 Å². The molecule has 3 N–H and O–H groups in total. The van der Waals surface area contributed by atoms with E-state index in [0.717, 1.165) is 23.4 Å². The topological polar surface area (TPSA) is 38.0 Å². The first-order valence-corrected chi connectivity index (χ1v) is 6.95. The number of hydrogen-bond acceptors (Lipinski definition) is 2. The number of nitrogen functional groups attached to an aromatic ring is 1. The van der Waals surface area contributed by atoms with Crippen molar-refractivity contribution in [2.45, 2.75) is 38.6 Å². The van der Waals surface area contributed by atoms with Gasteiger partial charge in [0.2, 0.25) is 0 Å². The van der Waals surface area contributed by atoms with Crippen molar-refractivity contribution >= 4 is 11.4 Å². The lowest BCUT2D eigenvalue weighted by atomic mass is 9.84. The zero-order valence-electron chi connectivity index (χ0n) is 10.8. The lowest BCUT2D eigenvalue weighted by molar-refractivity contribution is 0.304. The number of anilines is 2. The molecule has 0 aromatic heterocycles. The lowest BCUT2D eigenvalue weighted by Gasteiger charge is -2.29. The molecule has 0 amide bonds. The van der Waals surface area contributed by atoms with E-state index in [2.05, 4.69) is 12.2 Å². The van der Waals surface area contributed by atoms with E-state index in [-0.39, 0.29) is 11.5 Å². The summed E-state index contributed by atoms with van der Waals surface area (Å²) < 4.78 is 13.4. The van der Waals surface area contributed by atoms with Crippen molar-refractivity contribution in [1.82, 2.24) is 0 Å². The summed E-state index contributed by atoms with van der Waals surface area (Å²) in [5.74, 6) is 2.20. The van der Waals surface area contributed by atoms with Crippen LogP contribution in [0.4, 0.5) is 15.8 Å². The molecule has 1 aromatic carbocycles. The molecule has 0 saturated heterocycles. The summed E-state index contributed by atoms with van der Waals surface area (Å²) in [6, 6.07) is 5.36. The second kappa shape index (κ2) is 4.45. The van der Waals surface area contributed by atoms with Crippen molar-refractivity contribution in [2.75, 3.05) is 11.1 Å². The molecular formula is C15H21FN2. The highest BCUT2D eigenvalue weighted by atomic mass is 19.1. The zero-order chi connectivity index (χ0) is 12.7. The normalized spacial score (nSPS) is 31.6. The van der Waals surface area contributed by atoms with Crippen LogP contribution >= 0.6 is 0 Å². The maximum atomic E-state index is 13.4. The summed E-state index contributed by atoms with van der Waals surface area (Å²) in [7, 11) is 0. The average molecular weight is 248 g/mol. The van der Waals surface area contributed by atoms with Crippen molar-refractivity contribution in [3.63, 3.8) is 0 Å². The fraction of sp³-hybridized carbons (Fsp3) is 0.600. The third kappa shape index (κ3) is 1.96. The smallest absolute Gasteiger partial charge is 0.148 e. The maximum Gasteiger partial charge on any atom is 0.148 e. The average Bonchev–Trinajstić information content (AvgIpc) is 2.97. The minimum absolute atomic E-state index is 0.243. The second-order valence-electron chi connectivity index (χ2n) is 5.97. The van der Waals surface area contributed by atoms with Gasteiger partial charge in [-0.1, -0.05) is 12.5 Å². The van der Waals surface area contributed by atoms with Crippen LogP contribution in [-0.2, 0) is 0 Å². The van der Waals surface area contributed by atoms with Crippen LogP contribution in [0.25, 0.3) is 0 Å². The van der Waals surface area contributed by atoms with Crippen LogP contribution in [-0.4, -0.2) is 6.04 Å². The Kier molecular flexibility index (Phi) is 2.92. The van der Waals surface area contributed by atoms with E-state index in [1.165, 1.54) is 31.7 Å². The lowest BCUT2D eigenvalue weighted by Crippen LogP contribution is -2.30. The predicted octanol–water partition coefficient (Wildman–Crippen LogP) is 3.64. The Morgan fingerprint density at radius 2 is 2.17 bits per heavy atom. The van der Waals surface area contributed by atoms with E-state index in [4.69, 9.17) is 5.73 Å². The Bertz CT molecular complexity index is 446. The first-order chi connectivity index (χ1) is 8.65. The number of para-hydroxylation sites is 1. The van der Waals surface area contributed by atoms with Crippen molar-refractivity contribution in [1.29, 1.82) is 0 Å². The van der Waals surface area contributed by atoms with Crippen LogP contribution in [0.15, 0.2) is 18.2 Å². The highest BCUT2D eigenvalue weighted by molar-refractivity contribution is 5.66. The van der Waals surface area contributed by atoms with E-state index < -0.39 is 0 Å². The molecule has 0 heterocycles. The van der Waals surface area contributed by atoms with Crippen LogP contribution in [0, 0.1) is 23.6 Å². The molecule has 2 aliphatic carbocycles. The number of hydrogen-bond donors (Lipinski definition) is 2. The van der Waals surface area contributed by atoms with Crippen LogP contribution in [0.1, 0.15) is 32.6 Å². The van der Waals surface area contributed by atoms with Gasteiger partial charge in [-0.2, -0.15) is 0 Å². The summed E-state index contributed by atoms with van der Waals surface area (Å²) in [5.41, 5.74) is 6.75. The number of nitrogens with two attached hydrogens (primary N) is 1. The molecule has 1 aromatic rings. The van der Waals surface area contributed by atoms with Crippen molar-refractivity contribution in [3.05, 3.63) is 24.0 Å². The third-order valence-corrected chi connectivity index (χ3v) is 4.87. The Balaban J connectivity index is 1.71. The standard InChI is InChI=1S/C15H21FN2/c1-9(12-8-10-5-6-11(12)7-10)18-14-4-2-3-13(16)15(14)17/h2-4,9-12,18H,5-8,17H2,1H3. The molecule has 2 nitrogen and oxygen atoms in total. The van der Waals surface area contributed by atoms with Crippen LogP contribution in [0.5, 0.6) is 0 Å². The van der Waals surface area contributed by atoms with Crippen LogP contribution in [0.3, 0.4) is 0 Å². The van der Waals surface area contributed by atoms with E-state index >= 15 is 0 Å². The molecule has 2 aliphatic rings. The van der Waals surface area contributed by atoms with Crippen molar-refractivity contribution < 1.29 is 4.39 Å². The van der Waals surface area contributed by atoms with Crippen molar-refractivity contribution in [3.8, 4) is 0 Å². The highest BCUT2D eigenvalue weighted by Gasteiger charge is 2.41. The Hall–Kier alpha value is -1.25. The van der Waals surface area contributed by atoms with Gasteiger partial charge in [0.05, 0.1) is 11.4 Å². The number of rotatable bonds is 3. The Morgan fingerprint density at radius 1 is 1.33 bits per heavy atom. The van der Waals surface area contributed by atoms with E-state index in [1.54, 1.807) is 6.07 Å². The van der Waals surface area contributed by atoms with Gasteiger partial charge in [0.25, 0.3) is 0 Å². The number of fused-ring (bicyclic) bond motifs is 2. The number of nitrogens with one attached hydrogen (secondary N) is 1. The molecule has 3 rings (SSSR count). The van der Waals surface area contributed by atoms with Gasteiger partial charge in [-0.15, -0.1) is 0 Å². The highest BCUT2D eigenvalue weighted by Crippen LogP contribution is 2.50. The van der Waals surface area contributed by atoms with Gasteiger partial charge in [0.1, 0.15) is 5.82 Å². The molecular weight excluding hydrogens is 227 g/mol. The largest absolute Gasteiger partial charge is 0.395 e. The SMILES string of the molecule is CC(Nc1cccc(F)c1N)C1CC2CCC1C2. The van der Waals surface area contributed by atoms with Gasteiger partial charge in [0.15, 0.2) is 0 Å². The fourth-order valence-corrected chi connectivity index (χ4v) is 3.92. The molecule has 18 heavy (non-hydrogen) atoms. The predicted molar refractivity (Wildman–Crippen MR) is 72.8 cm³/mol. The fourth-order valence-electron chi connectivity index (χ4n) is 3.92. The summed E-state index contributed by atoms with van der Waals surface area (Å²) in [5, 5.41) is 3.41. The van der Waals surface area contributed by atoms with Gasteiger partial charge in [-0.25, -0.2) is 4.39 Å². The summed E-state index contributed by atoms with van der Waals surface area (Å²) >= 11 is 0. The Labute approximate surface area is 108 Å². The maximum absolute atomic E-state index is 13.4. The van der Waals surface area contributed by atoms with Gasteiger partial charge in [-0.3, -0.25) is 0 Å². The van der Waals surface area contributed by atoms with Gasteiger partial charge < -0.3 is 11.1 Å². The summed E-state index contributed by atoms with van der Waals surface area (Å²) in [6.07, 6.45) is 5.51. The molecule has 2 saturated carbocycles.